The molecule has 0 radical (unpaired) electrons. The molecule has 1 heterocycles. The van der Waals surface area contributed by atoms with E-state index in [0.29, 0.717) is 13.0 Å². The van der Waals surface area contributed by atoms with Crippen LogP contribution in [0.3, 0.4) is 0 Å². The highest BCUT2D eigenvalue weighted by atomic mass is 16.1. The van der Waals surface area contributed by atoms with Crippen LogP contribution in [0.25, 0.3) is 6.08 Å². The minimum Gasteiger partial charge on any atom is -0.352 e. The Hall–Kier alpha value is -2.43. The molecule has 20 heavy (non-hydrogen) atoms. The van der Waals surface area contributed by atoms with E-state index in [2.05, 4.69) is 33.5 Å². The normalized spacial score (nSPS) is 10.9. The van der Waals surface area contributed by atoms with E-state index in [9.17, 15) is 4.79 Å². The summed E-state index contributed by atoms with van der Waals surface area (Å²) in [6, 6.07) is 6.15. The first-order valence-corrected chi connectivity index (χ1v) is 6.52. The van der Waals surface area contributed by atoms with E-state index in [1.807, 2.05) is 25.1 Å². The van der Waals surface area contributed by atoms with Gasteiger partial charge in [-0.2, -0.15) is 5.10 Å². The molecule has 1 aromatic carbocycles. The van der Waals surface area contributed by atoms with E-state index < -0.39 is 0 Å². The van der Waals surface area contributed by atoms with Crippen molar-refractivity contribution in [3.63, 3.8) is 0 Å². The van der Waals surface area contributed by atoms with Crippen LogP contribution < -0.4 is 5.32 Å². The molecule has 0 aliphatic carbocycles. The van der Waals surface area contributed by atoms with Gasteiger partial charge in [-0.3, -0.25) is 9.89 Å². The van der Waals surface area contributed by atoms with E-state index in [1.165, 1.54) is 11.9 Å². The third-order valence-electron chi connectivity index (χ3n) is 2.97. The summed E-state index contributed by atoms with van der Waals surface area (Å²) in [5.41, 5.74) is 3.44. The number of carbonyl (C=O) groups is 1. The van der Waals surface area contributed by atoms with Crippen molar-refractivity contribution in [2.24, 2.45) is 0 Å². The lowest BCUT2D eigenvalue weighted by molar-refractivity contribution is -0.116. The molecule has 0 saturated carbocycles. The van der Waals surface area contributed by atoms with Gasteiger partial charge in [0.05, 0.1) is 0 Å². The molecule has 0 fully saturated rings. The zero-order valence-electron chi connectivity index (χ0n) is 11.7. The van der Waals surface area contributed by atoms with Gasteiger partial charge in [-0.05, 0) is 31.1 Å². The number of benzene rings is 1. The lowest BCUT2D eigenvalue weighted by atomic mass is 10.1. The topological polar surface area (TPSA) is 70.7 Å². The van der Waals surface area contributed by atoms with Crippen molar-refractivity contribution in [2.45, 2.75) is 20.3 Å². The van der Waals surface area contributed by atoms with Crippen molar-refractivity contribution in [3.8, 4) is 0 Å². The number of aryl methyl sites for hydroxylation is 2. The summed E-state index contributed by atoms with van der Waals surface area (Å²) in [6.07, 6.45) is 5.48. The fourth-order valence-electron chi connectivity index (χ4n) is 1.89. The Morgan fingerprint density at radius 2 is 2.25 bits per heavy atom. The van der Waals surface area contributed by atoms with Crippen molar-refractivity contribution in [1.82, 2.24) is 20.5 Å². The summed E-state index contributed by atoms with van der Waals surface area (Å²) in [6.45, 7) is 4.62. The van der Waals surface area contributed by atoms with Gasteiger partial charge < -0.3 is 5.32 Å². The second-order valence-corrected chi connectivity index (χ2v) is 4.67. The number of carbonyl (C=O) groups excluding carboxylic acids is 1. The molecule has 1 amide bonds. The van der Waals surface area contributed by atoms with Gasteiger partial charge in [0, 0.05) is 19.0 Å². The first-order valence-electron chi connectivity index (χ1n) is 6.52. The molecule has 0 atom stereocenters. The summed E-state index contributed by atoms with van der Waals surface area (Å²) in [4.78, 5) is 15.7. The maximum atomic E-state index is 11.7. The van der Waals surface area contributed by atoms with Crippen molar-refractivity contribution in [2.75, 3.05) is 6.54 Å². The Kier molecular flexibility index (Phi) is 4.65. The molecule has 2 rings (SSSR count). The number of rotatable bonds is 5. The van der Waals surface area contributed by atoms with Crippen LogP contribution in [0.15, 0.2) is 30.6 Å². The van der Waals surface area contributed by atoms with E-state index >= 15 is 0 Å². The zero-order chi connectivity index (χ0) is 14.4. The van der Waals surface area contributed by atoms with Crippen molar-refractivity contribution in [1.29, 1.82) is 0 Å². The molecule has 5 nitrogen and oxygen atoms in total. The van der Waals surface area contributed by atoms with Gasteiger partial charge >= 0.3 is 0 Å². The predicted molar refractivity (Wildman–Crippen MR) is 78.0 cm³/mol. The zero-order valence-corrected chi connectivity index (χ0v) is 11.7. The molecule has 0 bridgehead atoms. The quantitative estimate of drug-likeness (QED) is 0.814. The molecule has 0 unspecified atom stereocenters. The van der Waals surface area contributed by atoms with Crippen LogP contribution in [-0.2, 0) is 11.2 Å². The third kappa shape index (κ3) is 4.05. The number of aromatic nitrogens is 3. The maximum Gasteiger partial charge on any atom is 0.244 e. The highest BCUT2D eigenvalue weighted by Crippen LogP contribution is 2.11. The van der Waals surface area contributed by atoms with Gasteiger partial charge in [0.25, 0.3) is 0 Å². The minimum atomic E-state index is -0.107. The Bertz CT molecular complexity index is 602. The number of amides is 1. The Morgan fingerprint density at radius 1 is 1.40 bits per heavy atom. The van der Waals surface area contributed by atoms with Gasteiger partial charge in [0.2, 0.25) is 5.91 Å². The number of aromatic amines is 1. The fraction of sp³-hybridized carbons (Fsp3) is 0.267. The Labute approximate surface area is 118 Å². The minimum absolute atomic E-state index is 0.107. The molecule has 5 heteroatoms. The first-order chi connectivity index (χ1) is 9.65. The van der Waals surface area contributed by atoms with Crippen LogP contribution in [0, 0.1) is 13.8 Å². The van der Waals surface area contributed by atoms with Gasteiger partial charge in [-0.25, -0.2) is 4.98 Å². The second kappa shape index (κ2) is 6.65. The molecule has 0 saturated heterocycles. The third-order valence-corrected chi connectivity index (χ3v) is 2.97. The van der Waals surface area contributed by atoms with E-state index in [4.69, 9.17) is 0 Å². The summed E-state index contributed by atoms with van der Waals surface area (Å²) in [5.74, 6) is 0.660. The summed E-state index contributed by atoms with van der Waals surface area (Å²) in [7, 11) is 0. The van der Waals surface area contributed by atoms with E-state index in [1.54, 1.807) is 6.08 Å². The van der Waals surface area contributed by atoms with Gasteiger partial charge in [0.1, 0.15) is 12.2 Å². The monoisotopic (exact) mass is 270 g/mol. The van der Waals surface area contributed by atoms with Gasteiger partial charge in [-0.1, -0.05) is 23.8 Å². The Morgan fingerprint density at radius 3 is 2.95 bits per heavy atom. The van der Waals surface area contributed by atoms with Crippen LogP contribution in [-0.4, -0.2) is 27.6 Å². The summed E-state index contributed by atoms with van der Waals surface area (Å²) < 4.78 is 0. The number of hydrogen-bond acceptors (Lipinski definition) is 3. The molecule has 0 aliphatic heterocycles. The van der Waals surface area contributed by atoms with Crippen molar-refractivity contribution >= 4 is 12.0 Å². The second-order valence-electron chi connectivity index (χ2n) is 4.67. The average Bonchev–Trinajstić information content (AvgIpc) is 2.91. The number of nitrogens with one attached hydrogen (secondary N) is 2. The van der Waals surface area contributed by atoms with Crippen LogP contribution in [0.2, 0.25) is 0 Å². The lowest BCUT2D eigenvalue weighted by Gasteiger charge is -2.02. The predicted octanol–water partition coefficient (Wildman–Crippen LogP) is 1.79. The van der Waals surface area contributed by atoms with Crippen LogP contribution in [0.4, 0.5) is 0 Å². The summed E-state index contributed by atoms with van der Waals surface area (Å²) >= 11 is 0. The number of hydrogen-bond donors (Lipinski definition) is 2. The highest BCUT2D eigenvalue weighted by Gasteiger charge is 1.99. The fourth-order valence-corrected chi connectivity index (χ4v) is 1.89. The SMILES string of the molecule is Cc1ccc(C=CC(=O)NCCc2ncn[nH]2)c(C)c1. The van der Waals surface area contributed by atoms with E-state index in [-0.39, 0.29) is 5.91 Å². The van der Waals surface area contributed by atoms with Crippen LogP contribution in [0.5, 0.6) is 0 Å². The number of H-pyrrole nitrogens is 1. The largest absolute Gasteiger partial charge is 0.352 e. The first kappa shape index (κ1) is 14.0. The van der Waals surface area contributed by atoms with Crippen molar-refractivity contribution < 1.29 is 4.79 Å². The van der Waals surface area contributed by atoms with Crippen molar-refractivity contribution in [3.05, 3.63) is 53.1 Å². The van der Waals surface area contributed by atoms with Gasteiger partial charge in [0.15, 0.2) is 0 Å². The van der Waals surface area contributed by atoms with E-state index in [0.717, 1.165) is 17.0 Å². The van der Waals surface area contributed by atoms with Crippen LogP contribution >= 0.6 is 0 Å². The molecular weight excluding hydrogens is 252 g/mol. The molecule has 0 aliphatic rings. The highest BCUT2D eigenvalue weighted by molar-refractivity contribution is 5.91. The van der Waals surface area contributed by atoms with Crippen LogP contribution in [0.1, 0.15) is 22.5 Å². The molecule has 2 aromatic rings. The maximum absolute atomic E-state index is 11.7. The molecule has 0 spiro atoms. The lowest BCUT2D eigenvalue weighted by Crippen LogP contribution is -2.23. The average molecular weight is 270 g/mol. The molecular formula is C15H18N4O. The number of nitrogens with zero attached hydrogens (tertiary/aromatic N) is 2. The standard InChI is InChI=1S/C15H18N4O/c1-11-3-4-13(12(2)9-11)5-6-15(20)16-8-7-14-17-10-18-19-14/h3-6,9-10H,7-8H2,1-2H3,(H,16,20)(H,17,18,19). The molecule has 1 aromatic heterocycles. The smallest absolute Gasteiger partial charge is 0.244 e. The summed E-state index contributed by atoms with van der Waals surface area (Å²) in [5, 5.41) is 9.31. The Balaban J connectivity index is 1.83. The molecule has 2 N–H and O–H groups in total. The van der Waals surface area contributed by atoms with Gasteiger partial charge in [-0.15, -0.1) is 0 Å². The molecule has 104 valence electrons.